The van der Waals surface area contributed by atoms with E-state index in [1.165, 1.54) is 0 Å². The molecule has 7 nitrogen and oxygen atoms in total. The van der Waals surface area contributed by atoms with E-state index < -0.39 is 34.8 Å². The molecule has 2 aromatic carbocycles. The second kappa shape index (κ2) is 13.1. The van der Waals surface area contributed by atoms with Crippen LogP contribution in [0.15, 0.2) is 54.6 Å². The largest absolute Gasteiger partial charge is 0.493 e. The van der Waals surface area contributed by atoms with Gasteiger partial charge in [0.2, 0.25) is 0 Å². The van der Waals surface area contributed by atoms with Gasteiger partial charge in [0.1, 0.15) is 16.9 Å². The quantitative estimate of drug-likeness (QED) is 0.329. The number of nitrogens with one attached hydrogen (secondary N) is 2. The van der Waals surface area contributed by atoms with Gasteiger partial charge in [-0.15, -0.1) is 0 Å². The van der Waals surface area contributed by atoms with Gasteiger partial charge in [0.25, 0.3) is 5.91 Å². The Balaban J connectivity index is 2.35. The van der Waals surface area contributed by atoms with Gasteiger partial charge in [-0.05, 0) is 77.1 Å². The van der Waals surface area contributed by atoms with Crippen LogP contribution < -0.4 is 15.4 Å². The summed E-state index contributed by atoms with van der Waals surface area (Å²) in [6.07, 6.45) is 1.56. The van der Waals surface area contributed by atoms with Gasteiger partial charge in [-0.1, -0.05) is 62.7 Å². The van der Waals surface area contributed by atoms with Crippen molar-refractivity contribution in [1.82, 2.24) is 10.6 Å². The number of hydrogen-bond acceptors (Lipinski definition) is 5. The summed E-state index contributed by atoms with van der Waals surface area (Å²) in [5.41, 5.74) is -1.38. The third-order valence-electron chi connectivity index (χ3n) is 6.58. The van der Waals surface area contributed by atoms with Gasteiger partial charge in [0.05, 0.1) is 18.2 Å². The molecule has 0 radical (unpaired) electrons. The van der Waals surface area contributed by atoms with Crippen LogP contribution in [0.5, 0.6) is 5.75 Å². The normalized spacial score (nSPS) is 15.1. The molecule has 1 unspecified atom stereocenters. The van der Waals surface area contributed by atoms with Crippen molar-refractivity contribution in [1.29, 1.82) is 0 Å². The molecule has 0 saturated carbocycles. The van der Waals surface area contributed by atoms with Crippen molar-refractivity contribution in [3.63, 3.8) is 0 Å². The van der Waals surface area contributed by atoms with E-state index in [-0.39, 0.29) is 0 Å². The van der Waals surface area contributed by atoms with E-state index in [0.29, 0.717) is 18.1 Å². The molecule has 0 aliphatic heterocycles. The number of hydrogen-bond donors (Lipinski definition) is 2. The van der Waals surface area contributed by atoms with E-state index in [9.17, 15) is 9.59 Å². The van der Waals surface area contributed by atoms with Gasteiger partial charge in [0.15, 0.2) is 0 Å². The van der Waals surface area contributed by atoms with Crippen molar-refractivity contribution >= 4 is 12.0 Å². The minimum Gasteiger partial charge on any atom is -0.493 e. The lowest BCUT2D eigenvalue weighted by Crippen LogP contribution is -2.57. The molecule has 0 aromatic heterocycles. The smallest absolute Gasteiger partial charge is 0.408 e. The third-order valence-corrected chi connectivity index (χ3v) is 6.58. The van der Waals surface area contributed by atoms with E-state index in [1.807, 2.05) is 56.3 Å². The molecule has 7 heteroatoms. The maximum Gasteiger partial charge on any atom is 0.408 e. The Labute approximate surface area is 228 Å². The summed E-state index contributed by atoms with van der Waals surface area (Å²) in [5.74, 6) is 0.864. The van der Waals surface area contributed by atoms with Gasteiger partial charge < -0.3 is 24.8 Å². The average Bonchev–Trinajstić information content (AvgIpc) is 2.85. The number of carbonyl (C=O) groups excluding carboxylic acids is 2. The zero-order chi connectivity index (χ0) is 28.6. The van der Waals surface area contributed by atoms with E-state index in [4.69, 9.17) is 14.2 Å². The van der Waals surface area contributed by atoms with E-state index >= 15 is 0 Å². The standard InChI is InChI=1S/C31H46N2O5/c1-10-14-22(2)21-37-25-19-17-23(18-20-25)26(30(6,7)36-9)32-27(34)31(8,24-15-12-11-13-16-24)33-28(35)38-29(3,4)5/h11-13,15-20,22,26H,10,14,21H2,1-9H3,(H,32,34)(H,33,35)/t22?,26-,31-/m1/s1. The summed E-state index contributed by atoms with van der Waals surface area (Å²) < 4.78 is 17.2. The maximum atomic E-state index is 14.0. The highest BCUT2D eigenvalue weighted by Gasteiger charge is 2.42. The summed E-state index contributed by atoms with van der Waals surface area (Å²) in [6, 6.07) is 16.3. The fourth-order valence-corrected chi connectivity index (χ4v) is 4.16. The topological polar surface area (TPSA) is 85.9 Å². The molecular weight excluding hydrogens is 480 g/mol. The van der Waals surface area contributed by atoms with Crippen LogP contribution in [0.2, 0.25) is 0 Å². The van der Waals surface area contributed by atoms with Crippen molar-refractivity contribution in [2.45, 2.75) is 91.0 Å². The summed E-state index contributed by atoms with van der Waals surface area (Å²) in [7, 11) is 1.61. The van der Waals surface area contributed by atoms with Crippen LogP contribution in [-0.2, 0) is 19.8 Å². The van der Waals surface area contributed by atoms with Crippen molar-refractivity contribution in [3.8, 4) is 5.75 Å². The predicted octanol–water partition coefficient (Wildman–Crippen LogP) is 6.52. The van der Waals surface area contributed by atoms with Crippen LogP contribution >= 0.6 is 0 Å². The number of methoxy groups -OCH3 is 1. The van der Waals surface area contributed by atoms with Crippen LogP contribution in [0, 0.1) is 5.92 Å². The molecule has 0 heterocycles. The van der Waals surface area contributed by atoms with Crippen LogP contribution in [0.1, 0.15) is 85.4 Å². The molecule has 0 fully saturated rings. The summed E-state index contributed by atoms with van der Waals surface area (Å²) in [5, 5.41) is 5.95. The number of carbonyl (C=O) groups is 2. The van der Waals surface area contributed by atoms with Gasteiger partial charge >= 0.3 is 6.09 Å². The Morgan fingerprint density at radius 1 is 0.921 bits per heavy atom. The first-order valence-electron chi connectivity index (χ1n) is 13.4. The average molecular weight is 527 g/mol. The number of ether oxygens (including phenoxy) is 3. The molecule has 210 valence electrons. The molecule has 0 aliphatic carbocycles. The lowest BCUT2D eigenvalue weighted by Gasteiger charge is -2.38. The Hall–Kier alpha value is -3.06. The van der Waals surface area contributed by atoms with E-state index in [1.54, 1.807) is 46.9 Å². The number of benzene rings is 2. The monoisotopic (exact) mass is 526 g/mol. The van der Waals surface area contributed by atoms with Gasteiger partial charge in [-0.2, -0.15) is 0 Å². The van der Waals surface area contributed by atoms with Crippen LogP contribution in [0.3, 0.4) is 0 Å². The Bertz CT molecular complexity index is 1030. The summed E-state index contributed by atoms with van der Waals surface area (Å²) >= 11 is 0. The number of rotatable bonds is 12. The highest BCUT2D eigenvalue weighted by atomic mass is 16.6. The Kier molecular flexibility index (Phi) is 10.8. The van der Waals surface area contributed by atoms with Crippen LogP contribution in [-0.4, -0.2) is 36.9 Å². The molecule has 3 atom stereocenters. The highest BCUT2D eigenvalue weighted by Crippen LogP contribution is 2.32. The van der Waals surface area contributed by atoms with Crippen LogP contribution in [0.25, 0.3) is 0 Å². The number of amides is 2. The highest BCUT2D eigenvalue weighted by molar-refractivity contribution is 5.91. The molecule has 2 N–H and O–H groups in total. The van der Waals surface area contributed by atoms with Crippen molar-refractivity contribution in [3.05, 3.63) is 65.7 Å². The first-order chi connectivity index (χ1) is 17.7. The summed E-state index contributed by atoms with van der Waals surface area (Å²) in [6.45, 7) is 15.8. The molecule has 0 saturated heterocycles. The second-order valence-electron chi connectivity index (χ2n) is 11.6. The number of alkyl carbamates (subject to hydrolysis) is 1. The molecule has 38 heavy (non-hydrogen) atoms. The zero-order valence-electron chi connectivity index (χ0n) is 24.5. The van der Waals surface area contributed by atoms with Gasteiger partial charge in [0, 0.05) is 7.11 Å². The molecule has 0 bridgehead atoms. The van der Waals surface area contributed by atoms with Gasteiger partial charge in [-0.25, -0.2) is 4.79 Å². The SMILES string of the molecule is CCCC(C)COc1ccc([C@@H](NC(=O)[C@](C)(NC(=O)OC(C)(C)C)c2ccccc2)C(C)(C)OC)cc1. The minimum absolute atomic E-state index is 0.390. The molecule has 2 aromatic rings. The molecule has 2 amide bonds. The molecular formula is C31H46N2O5. The molecule has 0 spiro atoms. The fraction of sp³-hybridized carbons (Fsp3) is 0.548. The van der Waals surface area contributed by atoms with Crippen molar-refractivity contribution in [2.24, 2.45) is 5.92 Å². The minimum atomic E-state index is -1.40. The second-order valence-corrected chi connectivity index (χ2v) is 11.6. The zero-order valence-corrected chi connectivity index (χ0v) is 24.5. The first-order valence-corrected chi connectivity index (χ1v) is 13.4. The first kappa shape index (κ1) is 31.2. The van der Waals surface area contributed by atoms with Gasteiger partial charge in [-0.3, -0.25) is 4.79 Å². The van der Waals surface area contributed by atoms with Crippen LogP contribution in [0.4, 0.5) is 4.79 Å². The Morgan fingerprint density at radius 3 is 2.05 bits per heavy atom. The van der Waals surface area contributed by atoms with Crippen molar-refractivity contribution in [2.75, 3.05) is 13.7 Å². The third kappa shape index (κ3) is 8.76. The summed E-state index contributed by atoms with van der Waals surface area (Å²) in [4.78, 5) is 26.8. The predicted molar refractivity (Wildman–Crippen MR) is 151 cm³/mol. The lowest BCUT2D eigenvalue weighted by molar-refractivity contribution is -0.131. The van der Waals surface area contributed by atoms with E-state index in [0.717, 1.165) is 24.2 Å². The lowest BCUT2D eigenvalue weighted by atomic mass is 9.87. The van der Waals surface area contributed by atoms with E-state index in [2.05, 4.69) is 24.5 Å². The Morgan fingerprint density at radius 2 is 1.53 bits per heavy atom. The fourth-order valence-electron chi connectivity index (χ4n) is 4.16. The maximum absolute atomic E-state index is 14.0. The molecule has 0 aliphatic rings. The molecule has 2 rings (SSSR count). The van der Waals surface area contributed by atoms with Crippen molar-refractivity contribution < 1.29 is 23.8 Å².